The highest BCUT2D eigenvalue weighted by atomic mass is 32.1. The van der Waals surface area contributed by atoms with Gasteiger partial charge in [-0.1, -0.05) is 31.1 Å². The predicted molar refractivity (Wildman–Crippen MR) is 173 cm³/mol. The third kappa shape index (κ3) is 6.71. The lowest BCUT2D eigenvalue weighted by molar-refractivity contribution is -0.146. The number of hydrogen-bond acceptors (Lipinski definition) is 9. The molecule has 3 fully saturated rings. The molecule has 0 aromatic carbocycles. The summed E-state index contributed by atoms with van der Waals surface area (Å²) in [5, 5.41) is 18.5. The first-order chi connectivity index (χ1) is 22.8. The molecule has 2 aliphatic carbocycles. The molecule has 7 rings (SSSR count). The lowest BCUT2D eigenvalue weighted by Gasteiger charge is -2.29. The van der Waals surface area contributed by atoms with Gasteiger partial charge in [0.1, 0.15) is 34.3 Å². The number of aliphatic carboxylic acids is 1. The number of rotatable bonds is 7. The third-order valence-corrected chi connectivity index (χ3v) is 10.4. The van der Waals surface area contributed by atoms with Crippen molar-refractivity contribution >= 4 is 45.2 Å². The molecule has 13 heteroatoms. The number of carboxylic acid groups (broad SMARTS) is 1. The molecule has 246 valence electrons. The van der Waals surface area contributed by atoms with Gasteiger partial charge in [0.05, 0.1) is 11.9 Å². The topological polar surface area (TPSA) is 164 Å². The summed E-state index contributed by atoms with van der Waals surface area (Å²) in [7, 11) is 0. The number of fused-ring (bicyclic) bond motifs is 3. The third-order valence-electron chi connectivity index (χ3n) is 9.59. The molecule has 0 spiro atoms. The van der Waals surface area contributed by atoms with Crippen molar-refractivity contribution in [2.75, 3.05) is 6.54 Å². The van der Waals surface area contributed by atoms with Crippen molar-refractivity contribution in [3.8, 4) is 17.4 Å². The molecule has 1 saturated heterocycles. The molecular weight excluding hydrogens is 620 g/mol. The largest absolute Gasteiger partial charge is 0.479 e. The Morgan fingerprint density at radius 1 is 1.13 bits per heavy atom. The number of nitrogens with zero attached hydrogens (tertiary/aromatic N) is 4. The van der Waals surface area contributed by atoms with Crippen molar-refractivity contribution in [2.24, 2.45) is 11.8 Å². The lowest BCUT2D eigenvalue weighted by Crippen LogP contribution is -2.56. The number of hydrogen-bond donors (Lipinski definition) is 3. The van der Waals surface area contributed by atoms with Gasteiger partial charge >= 0.3 is 5.97 Å². The fourth-order valence-electron chi connectivity index (χ4n) is 6.67. The minimum Gasteiger partial charge on any atom is -0.479 e. The van der Waals surface area contributed by atoms with Gasteiger partial charge in [-0.3, -0.25) is 19.4 Å². The van der Waals surface area contributed by atoms with E-state index < -0.39 is 35.6 Å². The van der Waals surface area contributed by atoms with Gasteiger partial charge < -0.3 is 25.4 Å². The smallest absolute Gasteiger partial charge is 0.330 e. The van der Waals surface area contributed by atoms with Gasteiger partial charge in [-0.25, -0.2) is 9.78 Å². The molecule has 3 aromatic heterocycles. The maximum atomic E-state index is 14.3. The van der Waals surface area contributed by atoms with E-state index in [0.717, 1.165) is 38.5 Å². The molecule has 3 N–H and O–H groups in total. The van der Waals surface area contributed by atoms with Crippen molar-refractivity contribution in [3.05, 3.63) is 48.0 Å². The Morgan fingerprint density at radius 3 is 2.79 bits per heavy atom. The van der Waals surface area contributed by atoms with Crippen molar-refractivity contribution < 1.29 is 29.0 Å². The van der Waals surface area contributed by atoms with Crippen LogP contribution in [-0.4, -0.2) is 78.9 Å². The number of pyridine rings is 1. The number of thiophene rings is 1. The molecule has 5 heterocycles. The van der Waals surface area contributed by atoms with E-state index in [-0.39, 0.29) is 30.7 Å². The zero-order valence-corrected chi connectivity index (χ0v) is 26.8. The van der Waals surface area contributed by atoms with Crippen LogP contribution in [0.3, 0.4) is 0 Å². The van der Waals surface area contributed by atoms with E-state index in [2.05, 4.69) is 25.6 Å². The van der Waals surface area contributed by atoms with E-state index >= 15 is 0 Å². The molecule has 0 unspecified atom stereocenters. The minimum absolute atomic E-state index is 0.0733. The van der Waals surface area contributed by atoms with E-state index in [1.54, 1.807) is 6.20 Å². The van der Waals surface area contributed by atoms with Crippen molar-refractivity contribution in [2.45, 2.75) is 87.9 Å². The number of carbonyl (C=O) groups is 4. The van der Waals surface area contributed by atoms with Crippen LogP contribution in [0.15, 0.2) is 48.0 Å². The SMILES string of the molecule is O=C(CC1CC1)N[C@H]1CCCCC/C=C\[C@@H]2C[C@@]2(C(=O)O)NC(=O)[C@@H]2C[C@@H](Oc3nc(-c4ccccn4)nc4sccc34)CN2C1=O. The Balaban J connectivity index is 1.18. The Morgan fingerprint density at radius 2 is 2.00 bits per heavy atom. The highest BCUT2D eigenvalue weighted by Crippen LogP contribution is 2.45. The van der Waals surface area contributed by atoms with Crippen LogP contribution in [0.2, 0.25) is 0 Å². The van der Waals surface area contributed by atoms with Gasteiger partial charge in [-0.2, -0.15) is 4.98 Å². The number of carboxylic acids is 1. The first-order valence-corrected chi connectivity index (χ1v) is 17.3. The van der Waals surface area contributed by atoms with Crippen LogP contribution in [0.25, 0.3) is 21.7 Å². The first-order valence-electron chi connectivity index (χ1n) is 16.5. The molecule has 2 saturated carbocycles. The van der Waals surface area contributed by atoms with Crippen LogP contribution in [0, 0.1) is 11.8 Å². The molecule has 47 heavy (non-hydrogen) atoms. The molecule has 3 aromatic rings. The normalized spacial score (nSPS) is 28.7. The van der Waals surface area contributed by atoms with Crippen molar-refractivity contribution in [3.63, 3.8) is 0 Å². The van der Waals surface area contributed by atoms with Crippen LogP contribution in [0.4, 0.5) is 0 Å². The second kappa shape index (κ2) is 13.0. The monoisotopic (exact) mass is 658 g/mol. The number of amides is 3. The molecule has 12 nitrogen and oxygen atoms in total. The maximum absolute atomic E-state index is 14.3. The molecule has 0 bridgehead atoms. The van der Waals surface area contributed by atoms with Crippen molar-refractivity contribution in [1.29, 1.82) is 0 Å². The fourth-order valence-corrected chi connectivity index (χ4v) is 7.42. The molecule has 5 atom stereocenters. The minimum atomic E-state index is -1.41. The van der Waals surface area contributed by atoms with Gasteiger partial charge in [0.2, 0.25) is 23.6 Å². The van der Waals surface area contributed by atoms with Gasteiger partial charge in [-0.05, 0) is 68.0 Å². The second-order valence-electron chi connectivity index (χ2n) is 13.1. The number of nitrogens with one attached hydrogen (secondary N) is 2. The van der Waals surface area contributed by atoms with Gasteiger partial charge in [0.25, 0.3) is 0 Å². The standard InChI is InChI=1S/C34H38N6O6S/c41-27(16-20-11-12-20)36-25-10-5-3-1-2-4-8-21-18-34(21,33(44)45)39-29(42)26-17-22(19-40(26)32(25)43)46-30-23-13-15-47-31(23)38-28(37-30)24-9-6-7-14-35-24/h4,6-9,13-15,20-22,25-26H,1-3,5,10-12,16-19H2,(H,36,41)(H,39,42)(H,44,45)/b8-4-/t21-,22-,25+,26+,34-/m1/s1. The van der Waals surface area contributed by atoms with E-state index in [1.807, 2.05) is 41.8 Å². The van der Waals surface area contributed by atoms with Crippen LogP contribution >= 0.6 is 11.3 Å². The Hall–Kier alpha value is -4.39. The van der Waals surface area contributed by atoms with E-state index in [1.165, 1.54) is 16.2 Å². The molecule has 0 radical (unpaired) electrons. The summed E-state index contributed by atoms with van der Waals surface area (Å²) < 4.78 is 6.47. The van der Waals surface area contributed by atoms with Gasteiger partial charge in [0, 0.05) is 25.0 Å². The van der Waals surface area contributed by atoms with Crippen LogP contribution in [0.1, 0.15) is 64.2 Å². The number of aromatic nitrogens is 3. The zero-order valence-electron chi connectivity index (χ0n) is 26.0. The summed E-state index contributed by atoms with van der Waals surface area (Å²) in [5.41, 5.74) is -0.829. The summed E-state index contributed by atoms with van der Waals surface area (Å²) in [6.45, 7) is 0.0733. The zero-order chi connectivity index (χ0) is 32.5. The maximum Gasteiger partial charge on any atom is 0.330 e. The van der Waals surface area contributed by atoms with E-state index in [0.29, 0.717) is 52.8 Å². The fraction of sp³-hybridized carbons (Fsp3) is 0.500. The van der Waals surface area contributed by atoms with Crippen LogP contribution < -0.4 is 15.4 Å². The van der Waals surface area contributed by atoms with Crippen LogP contribution in [0.5, 0.6) is 5.88 Å². The predicted octanol–water partition coefficient (Wildman–Crippen LogP) is 3.87. The summed E-state index contributed by atoms with van der Waals surface area (Å²) in [4.78, 5) is 69.5. The molecule has 2 aliphatic heterocycles. The number of ether oxygens (including phenoxy) is 1. The quantitative estimate of drug-likeness (QED) is 0.320. The number of carbonyl (C=O) groups excluding carboxylic acids is 3. The Bertz CT molecular complexity index is 1710. The summed E-state index contributed by atoms with van der Waals surface area (Å²) in [5.74, 6) is -1.40. The summed E-state index contributed by atoms with van der Waals surface area (Å²) in [6.07, 6.45) is 11.4. The van der Waals surface area contributed by atoms with Crippen LogP contribution in [-0.2, 0) is 19.2 Å². The average molecular weight is 659 g/mol. The molecular formula is C34H38N6O6S. The molecule has 4 aliphatic rings. The van der Waals surface area contributed by atoms with Gasteiger partial charge in [0.15, 0.2) is 5.82 Å². The average Bonchev–Trinajstić information content (AvgIpc) is 3.89. The second-order valence-corrected chi connectivity index (χ2v) is 14.0. The van der Waals surface area contributed by atoms with E-state index in [9.17, 15) is 24.3 Å². The summed E-state index contributed by atoms with van der Waals surface area (Å²) in [6, 6.07) is 5.55. The Labute approximate surface area is 276 Å². The molecule has 3 amide bonds. The summed E-state index contributed by atoms with van der Waals surface area (Å²) >= 11 is 1.44. The number of allylic oxidation sites excluding steroid dienone is 1. The Kier molecular flexibility index (Phi) is 8.65. The highest BCUT2D eigenvalue weighted by Gasteiger charge is 2.61. The van der Waals surface area contributed by atoms with Gasteiger partial charge in [-0.15, -0.1) is 11.3 Å². The highest BCUT2D eigenvalue weighted by molar-refractivity contribution is 7.16. The first kappa shape index (κ1) is 31.2. The van der Waals surface area contributed by atoms with E-state index in [4.69, 9.17) is 4.74 Å². The lowest BCUT2D eigenvalue weighted by atomic mass is 10.0. The van der Waals surface area contributed by atoms with Crippen molar-refractivity contribution in [1.82, 2.24) is 30.5 Å².